The predicted octanol–water partition coefficient (Wildman–Crippen LogP) is 12.5. The van der Waals surface area contributed by atoms with Crippen LogP contribution in [-0.4, -0.2) is 88.7 Å². The van der Waals surface area contributed by atoms with E-state index in [1.165, 1.54) is 71.1 Å². The number of benzene rings is 12. The summed E-state index contributed by atoms with van der Waals surface area (Å²) in [5, 5.41) is 40.5. The van der Waals surface area contributed by atoms with Crippen molar-refractivity contribution in [3.63, 3.8) is 0 Å². The molecule has 21 rings (SSSR count). The molecule has 540 valence electrons. The topological polar surface area (TPSA) is 186 Å². The molecular weight excluding hydrogens is 1360 g/mol. The second-order valence-electron chi connectivity index (χ2n) is 29.7. The highest BCUT2D eigenvalue weighted by molar-refractivity contribution is 6.18. The molecule has 12 aromatic carbocycles. The molecule has 9 heterocycles. The zero-order valence-corrected chi connectivity index (χ0v) is 61.2. The van der Waals surface area contributed by atoms with Gasteiger partial charge in [0.05, 0.1) is 66.5 Å². The molecule has 0 atom stereocenters. The van der Waals surface area contributed by atoms with Gasteiger partial charge in [-0.2, -0.15) is 0 Å². The summed E-state index contributed by atoms with van der Waals surface area (Å²) < 4.78 is 41.1. The van der Waals surface area contributed by atoms with Gasteiger partial charge in [-0.15, -0.1) is 0 Å². The lowest BCUT2D eigenvalue weighted by atomic mass is 9.85. The summed E-state index contributed by atoms with van der Waals surface area (Å²) in [6.45, 7) is 6.40. The molecule has 0 amide bonds. The van der Waals surface area contributed by atoms with Crippen molar-refractivity contribution in [2.45, 2.75) is 83.7 Å². The number of hydrogen-bond acceptors (Lipinski definition) is 12. The number of nitrogens with zero attached hydrogens (tertiary/aromatic N) is 3. The van der Waals surface area contributed by atoms with Crippen LogP contribution >= 0.6 is 0 Å². The Morgan fingerprint density at radius 1 is 0.450 bits per heavy atom. The Hall–Kier alpha value is -12.2. The van der Waals surface area contributed by atoms with E-state index in [9.17, 15) is 24.6 Å². The van der Waals surface area contributed by atoms with Crippen LogP contribution < -0.4 is 55.4 Å². The maximum Gasteiger partial charge on any atom is 0.338 e. The third kappa shape index (κ3) is 10.9. The molecule has 15 heteroatoms. The Morgan fingerprint density at radius 2 is 0.927 bits per heavy atom. The van der Waals surface area contributed by atoms with Gasteiger partial charge in [-0.3, -0.25) is 5.41 Å². The molecule has 0 spiro atoms. The van der Waals surface area contributed by atoms with Crippen LogP contribution in [0, 0.1) is 0 Å². The smallest absolute Gasteiger partial charge is 0.338 e. The van der Waals surface area contributed by atoms with Crippen LogP contribution in [0.15, 0.2) is 186 Å². The minimum Gasteiger partial charge on any atom is -0.507 e. The molecule has 0 unspecified atom stereocenters. The standard InChI is InChI=1S/C32H28NO4.C31H26N2O3.C31H25NO4/c1-36-32(35)23-11-3-2-10-22(23)28-24-14-13-19-7-4-8-21(18-34)27(19)31(24)37-30-25-12-6-16-33-15-5-9-20(29(25)33)17-26(28)30;1-35-31(34)21-10-3-2-9-20(21)27-22-14-13-18-7-4-12-25(32)26(18)30(22)36-29-23-11-6-16-33-15-5-8-19(28(23)33)17-24(27)29;1-35-31(34)21-10-3-2-9-20(21)27-22-14-13-18-7-4-12-25(33)26(18)30(22)36-29-23-11-6-16-32-15-5-8-19(28(23)32)17-24(27)29/h2-4,7-8,10-11,13-14,17,34H,5-6,9,12,15-16,18H2,1H3;2-4,7,9-10,12-14,17,32H,5-6,8,11,15-16H2,1H3;2-4,7,9-10,12-14,17H,5-6,8,11,15-16H2,1H3/q+1;;/p+2. The number of aromatic hydroxyl groups is 1. The van der Waals surface area contributed by atoms with Crippen LogP contribution in [0.5, 0.6) is 28.7 Å². The summed E-state index contributed by atoms with van der Waals surface area (Å²) in [6, 6.07) is 59.7. The van der Waals surface area contributed by atoms with Gasteiger partial charge in [-0.25, -0.2) is 23.5 Å². The van der Waals surface area contributed by atoms with E-state index in [1.54, 1.807) is 6.07 Å². The molecule has 4 N–H and O–H groups in total. The highest BCUT2D eigenvalue weighted by atomic mass is 16.5. The fraction of sp³-hybridized carbons (Fsp3) is 0.234. The highest BCUT2D eigenvalue weighted by Gasteiger charge is 2.37. The van der Waals surface area contributed by atoms with Gasteiger partial charge in [-0.05, 0) is 156 Å². The number of anilines is 1. The Morgan fingerprint density at radius 3 is 1.50 bits per heavy atom. The maximum absolute atomic E-state index is 12.9. The second kappa shape index (κ2) is 27.2. The molecule has 15 nitrogen and oxygen atoms in total. The number of fused-ring (bicyclic) bond motifs is 15. The van der Waals surface area contributed by atoms with Crippen molar-refractivity contribution >= 4 is 89.0 Å². The number of methoxy groups -OCH3 is 3. The molecular formula is C94H81N4O11+3. The number of esters is 3. The molecule has 109 heavy (non-hydrogen) atoms. The summed E-state index contributed by atoms with van der Waals surface area (Å²) in [5.74, 6) is 2.21. The first-order valence-corrected chi connectivity index (χ1v) is 38.2. The van der Waals surface area contributed by atoms with Gasteiger partial charge in [0.2, 0.25) is 16.1 Å². The van der Waals surface area contributed by atoms with Gasteiger partial charge >= 0.3 is 17.9 Å². The molecule has 8 aliphatic heterocycles. The number of phenols is 1. The van der Waals surface area contributed by atoms with E-state index in [2.05, 4.69) is 62.6 Å². The van der Waals surface area contributed by atoms with E-state index >= 15 is 0 Å². The molecule has 8 aliphatic rings. The number of nitrogens with two attached hydrogens (primary N) is 1. The fourth-order valence-corrected chi connectivity index (χ4v) is 19.1. The lowest BCUT2D eigenvalue weighted by molar-refractivity contribution is -0.170. The first-order chi connectivity index (χ1) is 53.5. The lowest BCUT2D eigenvalue weighted by Gasteiger charge is -2.37. The highest BCUT2D eigenvalue weighted by Crippen LogP contribution is 2.50. The van der Waals surface area contributed by atoms with Gasteiger partial charge in [0.1, 0.15) is 66.1 Å². The van der Waals surface area contributed by atoms with E-state index in [1.807, 2.05) is 127 Å². The monoisotopic (exact) mass is 1440 g/mol. The first kappa shape index (κ1) is 67.4. The molecule has 0 fully saturated rings. The zero-order valence-electron chi connectivity index (χ0n) is 61.2. The van der Waals surface area contributed by atoms with Gasteiger partial charge in [0.25, 0.3) is 0 Å². The number of aryl methyl sites for hydroxylation is 4. The summed E-state index contributed by atoms with van der Waals surface area (Å²) in [7, 11) is 4.26. The van der Waals surface area contributed by atoms with E-state index in [4.69, 9.17) is 33.5 Å². The van der Waals surface area contributed by atoms with Gasteiger partial charge in [0, 0.05) is 122 Å². The lowest BCUT2D eigenvalue weighted by Crippen LogP contribution is -2.45. The predicted molar refractivity (Wildman–Crippen MR) is 423 cm³/mol. The number of aliphatic hydroxyl groups is 1. The normalized spacial score (nSPS) is 15.3. The van der Waals surface area contributed by atoms with Gasteiger partial charge < -0.3 is 43.2 Å². The molecule has 13 aromatic rings. The van der Waals surface area contributed by atoms with Crippen LogP contribution in [0.3, 0.4) is 0 Å². The van der Waals surface area contributed by atoms with E-state index in [-0.39, 0.29) is 30.3 Å². The number of phenolic OH excluding ortho intramolecular Hbond substituents is 1. The van der Waals surface area contributed by atoms with Crippen LogP contribution in [-0.2, 0) is 59.3 Å². The second-order valence-corrected chi connectivity index (χ2v) is 29.7. The van der Waals surface area contributed by atoms with Crippen LogP contribution in [0.2, 0.25) is 0 Å². The third-order valence-corrected chi connectivity index (χ3v) is 23.7. The molecule has 0 saturated heterocycles. The minimum atomic E-state index is -0.373. The van der Waals surface area contributed by atoms with Crippen molar-refractivity contribution < 1.29 is 58.1 Å². The summed E-state index contributed by atoms with van der Waals surface area (Å²) in [4.78, 5) is 41.2. The third-order valence-electron chi connectivity index (χ3n) is 23.7. The van der Waals surface area contributed by atoms with Crippen LogP contribution in [0.4, 0.5) is 5.69 Å². The van der Waals surface area contributed by atoms with Crippen molar-refractivity contribution in [3.05, 3.63) is 286 Å². The summed E-state index contributed by atoms with van der Waals surface area (Å²) in [5.41, 5.74) is 20.5. The van der Waals surface area contributed by atoms with Crippen LogP contribution in [0.1, 0.15) is 131 Å². The molecule has 0 aliphatic carbocycles. The number of carbonyl (C=O) groups is 3. The minimum absolute atomic E-state index is 0.0804. The van der Waals surface area contributed by atoms with Crippen LogP contribution in [0.25, 0.3) is 76.5 Å². The van der Waals surface area contributed by atoms with E-state index in [0.29, 0.717) is 33.2 Å². The zero-order chi connectivity index (χ0) is 73.9. The number of ether oxygens (including phenoxy) is 5. The summed E-state index contributed by atoms with van der Waals surface area (Å²) >= 11 is 0. The molecule has 0 bridgehead atoms. The Labute approximate surface area is 628 Å². The quantitative estimate of drug-likeness (QED) is 0.0451. The maximum atomic E-state index is 12.9. The molecule has 1 aromatic heterocycles. The first-order valence-electron chi connectivity index (χ1n) is 38.2. The number of carbonyl (C=O) groups excluding carboxylic acids is 3. The number of aliphatic hydroxyl groups excluding tert-OH is 1. The van der Waals surface area contributed by atoms with Crippen molar-refractivity contribution in [1.82, 2.24) is 9.15 Å². The number of hydrogen-bond donors (Lipinski definition) is 3. The van der Waals surface area contributed by atoms with Crippen molar-refractivity contribution in [1.29, 1.82) is 0 Å². The van der Waals surface area contributed by atoms with E-state index in [0.717, 1.165) is 243 Å². The van der Waals surface area contributed by atoms with Crippen molar-refractivity contribution in [2.75, 3.05) is 65.5 Å². The Balaban J connectivity index is 0.000000111. The van der Waals surface area contributed by atoms with E-state index < -0.39 is 0 Å². The Kier molecular flexibility index (Phi) is 16.8. The average molecular weight is 1440 g/mol. The average Bonchev–Trinajstić information content (AvgIpc) is 0.724. The fourth-order valence-electron chi connectivity index (χ4n) is 19.1. The number of rotatable bonds is 7. The largest absolute Gasteiger partial charge is 0.507 e. The van der Waals surface area contributed by atoms with Crippen molar-refractivity contribution in [2.24, 2.45) is 0 Å². The molecule has 0 radical (unpaired) electrons. The van der Waals surface area contributed by atoms with Gasteiger partial charge in [-0.1, -0.05) is 115 Å². The summed E-state index contributed by atoms with van der Waals surface area (Å²) in [6.07, 6.45) is 12.7. The van der Waals surface area contributed by atoms with Gasteiger partial charge in [0.15, 0.2) is 0 Å². The SMILES string of the molecule is COC(=O)c1ccccc1-c1c2cc3c4c(c2oc2c1ccc1cccc(=[NH2+])c12)CCCN4CCC3.COC(=O)c1ccccc1C1=c2cc3c4c(c2Oc2c1ccc1cccc(CO)c21)CCC[N+]=4CCC3.COC(=O)c1ccccc1C1=c2cc3c4c(c2Oc2c1ccc1cccc(O)c21)CCC[N+]=4CCC3. The molecule has 0 saturated carbocycles. The van der Waals surface area contributed by atoms with Crippen molar-refractivity contribution in [3.8, 4) is 39.9 Å². The Bertz CT molecular complexity index is 6500.